The van der Waals surface area contributed by atoms with Gasteiger partial charge in [0.2, 0.25) is 5.78 Å². The minimum Gasteiger partial charge on any atom is -0.494 e. The van der Waals surface area contributed by atoms with E-state index in [4.69, 9.17) is 4.74 Å². The van der Waals surface area contributed by atoms with Crippen LogP contribution in [0.4, 0.5) is 4.39 Å². The molecule has 0 amide bonds. The molecule has 1 rings (SSSR count). The van der Waals surface area contributed by atoms with Crippen LogP contribution in [0, 0.1) is 0 Å². The Morgan fingerprint density at radius 3 is 2.28 bits per heavy atom. The van der Waals surface area contributed by atoms with E-state index in [2.05, 4.69) is 4.74 Å². The number of carbonyl (C=O) groups is 2. The third-order valence-electron chi connectivity index (χ3n) is 2.17. The monoisotopic (exact) mass is 254 g/mol. The van der Waals surface area contributed by atoms with Crippen molar-refractivity contribution in [3.05, 3.63) is 29.8 Å². The third-order valence-corrected chi connectivity index (χ3v) is 2.17. The Bertz CT molecular complexity index is 414. The van der Waals surface area contributed by atoms with Crippen molar-refractivity contribution in [3.8, 4) is 5.75 Å². The number of ketones is 1. The molecule has 0 aliphatic heterocycles. The van der Waals surface area contributed by atoms with E-state index in [0.29, 0.717) is 12.4 Å². The van der Waals surface area contributed by atoms with Gasteiger partial charge in [-0.05, 0) is 38.1 Å². The molecule has 0 aliphatic rings. The number of halogens is 1. The molecule has 5 heteroatoms. The highest BCUT2D eigenvalue weighted by molar-refractivity contribution is 6.11. The predicted molar refractivity (Wildman–Crippen MR) is 63.5 cm³/mol. The van der Waals surface area contributed by atoms with E-state index >= 15 is 0 Å². The summed E-state index contributed by atoms with van der Waals surface area (Å²) >= 11 is 0. The van der Waals surface area contributed by atoms with Crippen LogP contribution in [0.15, 0.2) is 24.3 Å². The van der Waals surface area contributed by atoms with Crippen molar-refractivity contribution in [2.24, 2.45) is 0 Å². The highest BCUT2D eigenvalue weighted by Gasteiger charge is 2.28. The lowest BCUT2D eigenvalue weighted by molar-refractivity contribution is -0.147. The summed E-state index contributed by atoms with van der Waals surface area (Å²) in [5, 5.41) is 0. The van der Waals surface area contributed by atoms with Crippen LogP contribution < -0.4 is 4.74 Å². The first-order valence-corrected chi connectivity index (χ1v) is 5.67. The van der Waals surface area contributed by atoms with E-state index in [0.717, 1.165) is 0 Å². The minimum absolute atomic E-state index is 0.0375. The zero-order valence-corrected chi connectivity index (χ0v) is 10.3. The molecule has 1 aromatic carbocycles. The van der Waals surface area contributed by atoms with Gasteiger partial charge in [0.1, 0.15) is 5.75 Å². The fraction of sp³-hybridized carbons (Fsp3) is 0.385. The summed E-state index contributed by atoms with van der Waals surface area (Å²) in [5.74, 6) is -1.48. The third kappa shape index (κ3) is 3.55. The van der Waals surface area contributed by atoms with Crippen molar-refractivity contribution in [2.75, 3.05) is 13.2 Å². The van der Waals surface area contributed by atoms with Gasteiger partial charge in [-0.3, -0.25) is 4.79 Å². The van der Waals surface area contributed by atoms with E-state index in [9.17, 15) is 14.0 Å². The van der Waals surface area contributed by atoms with Crippen LogP contribution in [0.1, 0.15) is 24.2 Å². The largest absolute Gasteiger partial charge is 0.494 e. The Labute approximate surface area is 105 Å². The van der Waals surface area contributed by atoms with Gasteiger partial charge < -0.3 is 9.47 Å². The number of esters is 1. The Balaban J connectivity index is 2.74. The van der Waals surface area contributed by atoms with Gasteiger partial charge in [0.25, 0.3) is 6.17 Å². The number of ether oxygens (including phenoxy) is 2. The van der Waals surface area contributed by atoms with E-state index in [-0.39, 0.29) is 12.2 Å². The van der Waals surface area contributed by atoms with Crippen molar-refractivity contribution in [1.29, 1.82) is 0 Å². The summed E-state index contributed by atoms with van der Waals surface area (Å²) in [4.78, 5) is 22.7. The lowest BCUT2D eigenvalue weighted by Gasteiger charge is -2.07. The fourth-order valence-corrected chi connectivity index (χ4v) is 1.35. The molecule has 4 nitrogen and oxygen atoms in total. The van der Waals surface area contributed by atoms with Crippen LogP contribution in [0.25, 0.3) is 0 Å². The number of hydrogen-bond acceptors (Lipinski definition) is 4. The zero-order valence-electron chi connectivity index (χ0n) is 10.3. The van der Waals surface area contributed by atoms with Crippen LogP contribution in [-0.4, -0.2) is 31.1 Å². The zero-order chi connectivity index (χ0) is 13.5. The fourth-order valence-electron chi connectivity index (χ4n) is 1.35. The van der Waals surface area contributed by atoms with Gasteiger partial charge >= 0.3 is 5.97 Å². The van der Waals surface area contributed by atoms with Crippen molar-refractivity contribution in [2.45, 2.75) is 20.0 Å². The molecule has 1 atom stereocenters. The molecule has 0 radical (unpaired) electrons. The summed E-state index contributed by atoms with van der Waals surface area (Å²) in [5.41, 5.74) is 0.110. The number of hydrogen-bond donors (Lipinski definition) is 0. The molecule has 98 valence electrons. The normalized spacial score (nSPS) is 11.7. The minimum atomic E-state index is -2.28. The van der Waals surface area contributed by atoms with Crippen molar-refractivity contribution in [3.63, 3.8) is 0 Å². The first-order chi connectivity index (χ1) is 8.60. The van der Waals surface area contributed by atoms with E-state index in [1.54, 1.807) is 19.1 Å². The molecule has 0 aliphatic carbocycles. The highest BCUT2D eigenvalue weighted by Crippen LogP contribution is 2.14. The second-order valence-corrected chi connectivity index (χ2v) is 3.44. The molecule has 0 bridgehead atoms. The molecule has 0 aromatic heterocycles. The van der Waals surface area contributed by atoms with Crippen molar-refractivity contribution >= 4 is 11.8 Å². The Hall–Kier alpha value is -1.91. The molecule has 0 saturated carbocycles. The lowest BCUT2D eigenvalue weighted by Crippen LogP contribution is -2.27. The second-order valence-electron chi connectivity index (χ2n) is 3.44. The quantitative estimate of drug-likeness (QED) is 0.443. The number of rotatable bonds is 6. The van der Waals surface area contributed by atoms with Crippen molar-refractivity contribution in [1.82, 2.24) is 0 Å². The smallest absolute Gasteiger partial charge is 0.348 e. The Morgan fingerprint density at radius 2 is 1.78 bits per heavy atom. The van der Waals surface area contributed by atoms with Gasteiger partial charge in [-0.25, -0.2) is 9.18 Å². The Morgan fingerprint density at radius 1 is 1.17 bits per heavy atom. The van der Waals surface area contributed by atoms with Gasteiger partial charge in [-0.15, -0.1) is 0 Å². The number of benzene rings is 1. The molecule has 0 saturated heterocycles. The maximum absolute atomic E-state index is 13.5. The molecular formula is C13H15FO4. The SMILES string of the molecule is CCOC(=O)C(F)C(=O)c1ccc(OCC)cc1. The summed E-state index contributed by atoms with van der Waals surface area (Å²) in [6.45, 7) is 3.92. The lowest BCUT2D eigenvalue weighted by atomic mass is 10.1. The van der Waals surface area contributed by atoms with Gasteiger partial charge in [-0.1, -0.05) is 0 Å². The molecule has 1 aromatic rings. The highest BCUT2D eigenvalue weighted by atomic mass is 19.1. The van der Waals surface area contributed by atoms with Gasteiger partial charge in [-0.2, -0.15) is 0 Å². The van der Waals surface area contributed by atoms with E-state index in [1.165, 1.54) is 12.1 Å². The van der Waals surface area contributed by atoms with Crippen LogP contribution in [0.3, 0.4) is 0 Å². The van der Waals surface area contributed by atoms with E-state index < -0.39 is 17.9 Å². The molecule has 0 spiro atoms. The predicted octanol–water partition coefficient (Wildman–Crippen LogP) is 2.17. The second kappa shape index (κ2) is 6.74. The van der Waals surface area contributed by atoms with Gasteiger partial charge in [0.15, 0.2) is 0 Å². The van der Waals surface area contributed by atoms with E-state index in [1.807, 2.05) is 6.92 Å². The summed E-state index contributed by atoms with van der Waals surface area (Å²) in [7, 11) is 0. The molecule has 1 unspecified atom stereocenters. The topological polar surface area (TPSA) is 52.6 Å². The van der Waals surface area contributed by atoms with Crippen molar-refractivity contribution < 1.29 is 23.5 Å². The standard InChI is InChI=1S/C13H15FO4/c1-3-17-10-7-5-9(6-8-10)12(15)11(14)13(16)18-4-2/h5-8,11H,3-4H2,1-2H3. The summed E-state index contributed by atoms with van der Waals surface area (Å²) in [6.07, 6.45) is -2.28. The molecule has 18 heavy (non-hydrogen) atoms. The van der Waals surface area contributed by atoms with Crippen LogP contribution in [-0.2, 0) is 9.53 Å². The number of Topliss-reactive ketones (excluding diaryl/α,β-unsaturated/α-hetero) is 1. The maximum Gasteiger partial charge on any atom is 0.348 e. The van der Waals surface area contributed by atoms with Gasteiger partial charge in [0, 0.05) is 5.56 Å². The molecule has 0 N–H and O–H groups in total. The first kappa shape index (κ1) is 14.2. The summed E-state index contributed by atoms with van der Waals surface area (Å²) in [6, 6.07) is 5.93. The molecule has 0 fully saturated rings. The molecule has 0 heterocycles. The average molecular weight is 254 g/mol. The number of alkyl halides is 1. The molecular weight excluding hydrogens is 239 g/mol. The Kier molecular flexibility index (Phi) is 5.30. The maximum atomic E-state index is 13.5. The van der Waals surface area contributed by atoms with Gasteiger partial charge in [0.05, 0.1) is 13.2 Å². The average Bonchev–Trinajstić information content (AvgIpc) is 2.38. The van der Waals surface area contributed by atoms with Crippen LogP contribution >= 0.6 is 0 Å². The first-order valence-electron chi connectivity index (χ1n) is 5.67. The number of carbonyl (C=O) groups excluding carboxylic acids is 2. The van der Waals surface area contributed by atoms with Crippen LogP contribution in [0.2, 0.25) is 0 Å². The summed E-state index contributed by atoms with van der Waals surface area (Å²) < 4.78 is 23.1. The van der Waals surface area contributed by atoms with Crippen LogP contribution in [0.5, 0.6) is 5.75 Å².